The molecule has 1 heterocycles. The minimum Gasteiger partial charge on any atom is -0.444 e. The van der Waals surface area contributed by atoms with Crippen molar-refractivity contribution in [1.82, 2.24) is 4.90 Å². The van der Waals surface area contributed by atoms with Crippen LogP contribution in [0.15, 0.2) is 0 Å². The van der Waals surface area contributed by atoms with Gasteiger partial charge in [0, 0.05) is 24.6 Å². The van der Waals surface area contributed by atoms with E-state index in [0.29, 0.717) is 13.1 Å². The molecular formula is C7H11F2NO5S2. The van der Waals surface area contributed by atoms with Crippen LogP contribution < -0.4 is 0 Å². The first-order valence-electron chi connectivity index (χ1n) is 4.57. The van der Waals surface area contributed by atoms with E-state index in [9.17, 15) is 22.0 Å². The summed E-state index contributed by atoms with van der Waals surface area (Å²) in [6, 6.07) is 0. The Kier molecular flexibility index (Phi) is 4.69. The highest BCUT2D eigenvalue weighted by molar-refractivity contribution is 7.99. The van der Waals surface area contributed by atoms with Gasteiger partial charge in [0.1, 0.15) is 6.73 Å². The Morgan fingerprint density at radius 2 is 1.94 bits per heavy atom. The maximum Gasteiger partial charge on any atom is 0.465 e. The van der Waals surface area contributed by atoms with Gasteiger partial charge in [0.15, 0.2) is 0 Å². The van der Waals surface area contributed by atoms with Crippen LogP contribution in [0.4, 0.5) is 8.78 Å². The van der Waals surface area contributed by atoms with Crippen molar-refractivity contribution in [3.8, 4) is 0 Å². The largest absolute Gasteiger partial charge is 0.465 e. The van der Waals surface area contributed by atoms with E-state index in [-0.39, 0.29) is 0 Å². The van der Waals surface area contributed by atoms with Gasteiger partial charge in [-0.15, -0.1) is 0 Å². The van der Waals surface area contributed by atoms with Gasteiger partial charge in [-0.1, -0.05) is 0 Å². The molecule has 0 aromatic heterocycles. The molecule has 0 atom stereocenters. The molecule has 1 rings (SSSR count). The van der Waals surface area contributed by atoms with E-state index in [1.165, 1.54) is 0 Å². The zero-order valence-corrected chi connectivity index (χ0v) is 10.3. The van der Waals surface area contributed by atoms with E-state index < -0.39 is 28.1 Å². The molecule has 0 aromatic rings. The molecule has 1 saturated heterocycles. The summed E-state index contributed by atoms with van der Waals surface area (Å²) in [6.07, 6.45) is 0. The molecule has 0 bridgehead atoms. The average molecular weight is 291 g/mol. The Bertz CT molecular complexity index is 380. The Balaban J connectivity index is 2.49. The van der Waals surface area contributed by atoms with Crippen LogP contribution >= 0.6 is 11.8 Å². The van der Waals surface area contributed by atoms with Crippen molar-refractivity contribution in [2.45, 2.75) is 5.25 Å². The predicted octanol–water partition coefficient (Wildman–Crippen LogP) is 0.0165. The van der Waals surface area contributed by atoms with Gasteiger partial charge >= 0.3 is 21.3 Å². The van der Waals surface area contributed by atoms with Crippen LogP contribution in [0.3, 0.4) is 0 Å². The third-order valence-corrected chi connectivity index (χ3v) is 3.80. The Hall–Kier alpha value is -0.450. The zero-order valence-electron chi connectivity index (χ0n) is 8.64. The third kappa shape index (κ3) is 3.76. The van der Waals surface area contributed by atoms with E-state index in [0.717, 1.165) is 11.5 Å². The molecule has 0 spiro atoms. The Labute approximate surface area is 101 Å². The first-order chi connectivity index (χ1) is 7.75. The minimum absolute atomic E-state index is 0.412. The lowest BCUT2D eigenvalue weighted by Crippen LogP contribution is -2.42. The number of alkyl halides is 2. The summed E-state index contributed by atoms with van der Waals surface area (Å²) >= 11 is 1.68. The van der Waals surface area contributed by atoms with E-state index in [1.54, 1.807) is 16.7 Å². The van der Waals surface area contributed by atoms with Gasteiger partial charge in [0.25, 0.3) is 0 Å². The smallest absolute Gasteiger partial charge is 0.444 e. The van der Waals surface area contributed by atoms with Gasteiger partial charge in [-0.2, -0.15) is 29.0 Å². The van der Waals surface area contributed by atoms with Gasteiger partial charge in [-0.3, -0.25) is 9.45 Å². The third-order valence-electron chi connectivity index (χ3n) is 2.04. The number of hydrogen-bond acceptors (Lipinski definition) is 6. The molecule has 0 radical (unpaired) electrons. The number of hydrogen-bond donors (Lipinski definition) is 1. The summed E-state index contributed by atoms with van der Waals surface area (Å²) in [6.45, 7) is 0.718. The van der Waals surface area contributed by atoms with Crippen molar-refractivity contribution in [3.63, 3.8) is 0 Å². The lowest BCUT2D eigenvalue weighted by Gasteiger charge is -2.25. The number of nitrogens with zero attached hydrogens (tertiary/aromatic N) is 1. The first-order valence-corrected chi connectivity index (χ1v) is 7.17. The molecule has 0 aromatic carbocycles. The second-order valence-corrected chi connectivity index (χ2v) is 5.97. The molecule has 0 saturated carbocycles. The second-order valence-electron chi connectivity index (χ2n) is 3.28. The van der Waals surface area contributed by atoms with Crippen molar-refractivity contribution in [3.05, 3.63) is 0 Å². The van der Waals surface area contributed by atoms with E-state index >= 15 is 0 Å². The Morgan fingerprint density at radius 3 is 2.41 bits per heavy atom. The van der Waals surface area contributed by atoms with Gasteiger partial charge in [-0.25, -0.2) is 4.79 Å². The van der Waals surface area contributed by atoms with Crippen LogP contribution in [0.5, 0.6) is 0 Å². The van der Waals surface area contributed by atoms with Crippen LogP contribution in [0.1, 0.15) is 0 Å². The lowest BCUT2D eigenvalue weighted by molar-refractivity contribution is -0.166. The maximum atomic E-state index is 12.7. The number of carbonyl (C=O) groups excluding carboxylic acids is 1. The molecule has 10 heteroatoms. The monoisotopic (exact) mass is 291 g/mol. The highest BCUT2D eigenvalue weighted by Crippen LogP contribution is 2.22. The molecule has 1 aliphatic heterocycles. The summed E-state index contributed by atoms with van der Waals surface area (Å²) in [5, 5.41) is -4.92. The summed E-state index contributed by atoms with van der Waals surface area (Å²) in [5.41, 5.74) is 0. The van der Waals surface area contributed by atoms with Gasteiger partial charge in [0.05, 0.1) is 0 Å². The number of thioether (sulfide) groups is 1. The van der Waals surface area contributed by atoms with Crippen LogP contribution in [0, 0.1) is 0 Å². The molecule has 100 valence electrons. The highest BCUT2D eigenvalue weighted by Gasteiger charge is 2.54. The molecule has 1 N–H and O–H groups in total. The fourth-order valence-corrected chi connectivity index (χ4v) is 2.32. The molecular weight excluding hydrogens is 280 g/mol. The molecule has 1 fully saturated rings. The van der Waals surface area contributed by atoms with Crippen molar-refractivity contribution in [2.75, 3.05) is 31.3 Å². The van der Waals surface area contributed by atoms with Crippen LogP contribution in [0.25, 0.3) is 0 Å². The van der Waals surface area contributed by atoms with Crippen molar-refractivity contribution in [2.24, 2.45) is 0 Å². The number of halogens is 2. The van der Waals surface area contributed by atoms with E-state index in [1.807, 2.05) is 0 Å². The normalized spacial score (nSPS) is 19.0. The number of ether oxygens (including phenoxy) is 1. The van der Waals surface area contributed by atoms with Crippen LogP contribution in [-0.2, 0) is 19.6 Å². The SMILES string of the molecule is O=C(OCN1CCSCC1)C(F)(F)S(=O)(=O)O. The summed E-state index contributed by atoms with van der Waals surface area (Å²) in [4.78, 5) is 12.4. The molecule has 0 aliphatic carbocycles. The van der Waals surface area contributed by atoms with Gasteiger partial charge in [0.2, 0.25) is 0 Å². The second kappa shape index (κ2) is 5.46. The summed E-state index contributed by atoms with van der Waals surface area (Å²) < 4.78 is 58.3. The van der Waals surface area contributed by atoms with Crippen LogP contribution in [-0.4, -0.2) is 60.4 Å². The minimum atomic E-state index is -5.79. The highest BCUT2D eigenvalue weighted by atomic mass is 32.2. The fourth-order valence-electron chi connectivity index (χ4n) is 1.07. The predicted molar refractivity (Wildman–Crippen MR) is 56.4 cm³/mol. The quantitative estimate of drug-likeness (QED) is 0.577. The molecule has 6 nitrogen and oxygen atoms in total. The van der Waals surface area contributed by atoms with E-state index in [2.05, 4.69) is 4.74 Å². The summed E-state index contributed by atoms with van der Waals surface area (Å²) in [5.74, 6) is -0.698. The van der Waals surface area contributed by atoms with Crippen molar-refractivity contribution in [1.29, 1.82) is 0 Å². The number of carbonyl (C=O) groups is 1. The standard InChI is InChI=1S/C7H11F2NO5S2/c8-7(9,17(12,13)14)6(11)15-5-10-1-3-16-4-2-10/h1-5H2,(H,12,13,14). The summed E-state index contributed by atoms with van der Waals surface area (Å²) in [7, 11) is -5.79. The maximum absolute atomic E-state index is 12.7. The lowest BCUT2D eigenvalue weighted by atomic mass is 10.5. The molecule has 0 amide bonds. The molecule has 0 unspecified atom stereocenters. The van der Waals surface area contributed by atoms with Gasteiger partial charge in [-0.05, 0) is 0 Å². The number of rotatable bonds is 4. The fraction of sp³-hybridized carbons (Fsp3) is 0.857. The first kappa shape index (κ1) is 14.6. The van der Waals surface area contributed by atoms with E-state index in [4.69, 9.17) is 4.55 Å². The molecule has 17 heavy (non-hydrogen) atoms. The van der Waals surface area contributed by atoms with Crippen molar-refractivity contribution >= 4 is 27.8 Å². The van der Waals surface area contributed by atoms with Gasteiger partial charge < -0.3 is 4.74 Å². The Morgan fingerprint density at radius 1 is 1.41 bits per heavy atom. The van der Waals surface area contributed by atoms with Crippen LogP contribution in [0.2, 0.25) is 0 Å². The number of esters is 1. The van der Waals surface area contributed by atoms with Crippen molar-refractivity contribution < 1.29 is 31.3 Å². The topological polar surface area (TPSA) is 83.9 Å². The average Bonchev–Trinajstić information content (AvgIpc) is 2.25. The zero-order chi connectivity index (χ0) is 13.1. The molecule has 1 aliphatic rings.